The average molecular weight is 327 g/mol. The van der Waals surface area contributed by atoms with Crippen molar-refractivity contribution in [2.45, 2.75) is 40.0 Å². The van der Waals surface area contributed by atoms with E-state index in [-0.39, 0.29) is 5.91 Å². The van der Waals surface area contributed by atoms with Crippen molar-refractivity contribution in [3.05, 3.63) is 36.2 Å². The summed E-state index contributed by atoms with van der Waals surface area (Å²) in [5, 5.41) is 2.89. The van der Waals surface area contributed by atoms with E-state index in [1.165, 1.54) is 0 Å². The number of aryl methyl sites for hydroxylation is 1. The zero-order valence-electron chi connectivity index (χ0n) is 14.8. The number of hydrogen-bond donors (Lipinski definition) is 1. The fraction of sp³-hybridized carbons (Fsp3) is 0.421. The Bertz CT molecular complexity index is 682. The standard InChI is InChI=1S/C19H25N3O2/c1-5-6-16-19(22-18(23)11-13(2)3)20-12-17(21-16)14-7-9-15(24-4)10-8-14/h7-10,12-13H,5-6,11H2,1-4H3,(H,20,22,23). The summed E-state index contributed by atoms with van der Waals surface area (Å²) in [6.45, 7) is 6.12. The van der Waals surface area contributed by atoms with E-state index in [0.29, 0.717) is 18.2 Å². The maximum absolute atomic E-state index is 12.0. The molecule has 0 saturated carbocycles. The zero-order valence-corrected chi connectivity index (χ0v) is 14.8. The van der Waals surface area contributed by atoms with E-state index in [0.717, 1.165) is 35.5 Å². The molecular formula is C19H25N3O2. The Morgan fingerprint density at radius 1 is 1.25 bits per heavy atom. The predicted molar refractivity (Wildman–Crippen MR) is 96.1 cm³/mol. The van der Waals surface area contributed by atoms with Crippen LogP contribution >= 0.6 is 0 Å². The number of hydrogen-bond acceptors (Lipinski definition) is 4. The molecule has 0 saturated heterocycles. The smallest absolute Gasteiger partial charge is 0.225 e. The molecule has 0 fully saturated rings. The number of ether oxygens (including phenoxy) is 1. The van der Waals surface area contributed by atoms with Crippen LogP contribution in [0.2, 0.25) is 0 Å². The van der Waals surface area contributed by atoms with Crippen LogP contribution in [0.25, 0.3) is 11.3 Å². The Balaban J connectivity index is 2.26. The molecule has 24 heavy (non-hydrogen) atoms. The highest BCUT2D eigenvalue weighted by molar-refractivity contribution is 5.90. The zero-order chi connectivity index (χ0) is 17.5. The lowest BCUT2D eigenvalue weighted by Crippen LogP contribution is -2.17. The summed E-state index contributed by atoms with van der Waals surface area (Å²) in [6.07, 6.45) is 3.89. The molecule has 1 aromatic heterocycles. The molecule has 1 heterocycles. The quantitative estimate of drug-likeness (QED) is 0.832. The van der Waals surface area contributed by atoms with Crippen LogP contribution in [0, 0.1) is 5.92 Å². The van der Waals surface area contributed by atoms with Crippen LogP contribution in [0.15, 0.2) is 30.5 Å². The minimum absolute atomic E-state index is 0.0196. The van der Waals surface area contributed by atoms with Crippen LogP contribution in [-0.4, -0.2) is 23.0 Å². The van der Waals surface area contributed by atoms with E-state index < -0.39 is 0 Å². The van der Waals surface area contributed by atoms with Gasteiger partial charge >= 0.3 is 0 Å². The fourth-order valence-electron chi connectivity index (χ4n) is 2.40. The molecule has 0 atom stereocenters. The van der Waals surface area contributed by atoms with Gasteiger partial charge in [-0.15, -0.1) is 0 Å². The third-order valence-electron chi connectivity index (χ3n) is 3.57. The Morgan fingerprint density at radius 3 is 2.54 bits per heavy atom. The number of amides is 1. The minimum Gasteiger partial charge on any atom is -0.497 e. The predicted octanol–water partition coefficient (Wildman–Crippen LogP) is 4.09. The van der Waals surface area contributed by atoms with Crippen molar-refractivity contribution in [2.75, 3.05) is 12.4 Å². The third-order valence-corrected chi connectivity index (χ3v) is 3.57. The van der Waals surface area contributed by atoms with Crippen molar-refractivity contribution in [3.8, 4) is 17.0 Å². The lowest BCUT2D eigenvalue weighted by Gasteiger charge is -2.12. The van der Waals surface area contributed by atoms with Crippen molar-refractivity contribution < 1.29 is 9.53 Å². The molecule has 0 bridgehead atoms. The Morgan fingerprint density at radius 2 is 1.96 bits per heavy atom. The van der Waals surface area contributed by atoms with Gasteiger partial charge in [0.15, 0.2) is 5.82 Å². The van der Waals surface area contributed by atoms with Crippen molar-refractivity contribution >= 4 is 11.7 Å². The molecule has 2 aromatic rings. The molecule has 0 aliphatic carbocycles. The monoisotopic (exact) mass is 327 g/mol. The number of nitrogens with zero attached hydrogens (tertiary/aromatic N) is 2. The fourth-order valence-corrected chi connectivity index (χ4v) is 2.40. The van der Waals surface area contributed by atoms with E-state index in [4.69, 9.17) is 9.72 Å². The van der Waals surface area contributed by atoms with Gasteiger partial charge in [0, 0.05) is 12.0 Å². The van der Waals surface area contributed by atoms with E-state index in [1.54, 1.807) is 13.3 Å². The molecule has 0 aliphatic heterocycles. The third kappa shape index (κ3) is 4.78. The molecule has 0 radical (unpaired) electrons. The van der Waals surface area contributed by atoms with Crippen molar-refractivity contribution in [1.82, 2.24) is 9.97 Å². The highest BCUT2D eigenvalue weighted by Crippen LogP contribution is 2.23. The molecule has 0 spiro atoms. The van der Waals surface area contributed by atoms with Crippen molar-refractivity contribution in [1.29, 1.82) is 0 Å². The molecule has 1 amide bonds. The minimum atomic E-state index is -0.0196. The van der Waals surface area contributed by atoms with Crippen LogP contribution in [-0.2, 0) is 11.2 Å². The van der Waals surface area contributed by atoms with Gasteiger partial charge in [0.05, 0.1) is 24.7 Å². The lowest BCUT2D eigenvalue weighted by atomic mass is 10.1. The first-order valence-corrected chi connectivity index (χ1v) is 8.33. The second-order valence-electron chi connectivity index (χ2n) is 6.18. The molecule has 0 unspecified atom stereocenters. The van der Waals surface area contributed by atoms with Gasteiger partial charge in [-0.05, 0) is 36.6 Å². The highest BCUT2D eigenvalue weighted by Gasteiger charge is 2.12. The van der Waals surface area contributed by atoms with Crippen LogP contribution in [0.3, 0.4) is 0 Å². The molecule has 128 valence electrons. The molecule has 1 N–H and O–H groups in total. The van der Waals surface area contributed by atoms with E-state index in [9.17, 15) is 4.79 Å². The highest BCUT2D eigenvalue weighted by atomic mass is 16.5. The van der Waals surface area contributed by atoms with Crippen molar-refractivity contribution in [3.63, 3.8) is 0 Å². The van der Waals surface area contributed by atoms with E-state index in [1.807, 2.05) is 38.1 Å². The maximum Gasteiger partial charge on any atom is 0.225 e. The second kappa shape index (κ2) is 8.43. The molecule has 1 aromatic carbocycles. The van der Waals surface area contributed by atoms with Gasteiger partial charge in [0.2, 0.25) is 5.91 Å². The van der Waals surface area contributed by atoms with Gasteiger partial charge in [-0.1, -0.05) is 27.2 Å². The van der Waals surface area contributed by atoms with Crippen LogP contribution in [0.1, 0.15) is 39.3 Å². The number of methoxy groups -OCH3 is 1. The summed E-state index contributed by atoms with van der Waals surface area (Å²) < 4.78 is 5.18. The molecule has 5 nitrogen and oxygen atoms in total. The van der Waals surface area contributed by atoms with Crippen LogP contribution in [0.5, 0.6) is 5.75 Å². The summed E-state index contributed by atoms with van der Waals surface area (Å²) in [4.78, 5) is 21.2. The number of benzene rings is 1. The van der Waals surface area contributed by atoms with Gasteiger partial charge in [0.1, 0.15) is 5.75 Å². The summed E-state index contributed by atoms with van der Waals surface area (Å²) in [5.74, 6) is 1.66. The van der Waals surface area contributed by atoms with E-state index >= 15 is 0 Å². The van der Waals surface area contributed by atoms with Gasteiger partial charge in [-0.2, -0.15) is 0 Å². The van der Waals surface area contributed by atoms with Gasteiger partial charge in [-0.25, -0.2) is 9.97 Å². The Kier molecular flexibility index (Phi) is 6.29. The van der Waals surface area contributed by atoms with E-state index in [2.05, 4.69) is 17.2 Å². The second-order valence-corrected chi connectivity index (χ2v) is 6.18. The van der Waals surface area contributed by atoms with Crippen molar-refractivity contribution in [2.24, 2.45) is 5.92 Å². The summed E-state index contributed by atoms with van der Waals surface area (Å²) in [6, 6.07) is 7.70. The molecule has 0 aliphatic rings. The number of carbonyl (C=O) groups excluding carboxylic acids is 1. The first-order valence-electron chi connectivity index (χ1n) is 8.33. The normalized spacial score (nSPS) is 10.7. The largest absolute Gasteiger partial charge is 0.497 e. The average Bonchev–Trinajstić information content (AvgIpc) is 2.56. The molecular weight excluding hydrogens is 302 g/mol. The number of carbonyl (C=O) groups is 1. The summed E-state index contributed by atoms with van der Waals surface area (Å²) in [5.41, 5.74) is 2.59. The molecule has 5 heteroatoms. The lowest BCUT2D eigenvalue weighted by molar-refractivity contribution is -0.116. The topological polar surface area (TPSA) is 64.1 Å². The first kappa shape index (κ1) is 17.9. The molecule has 2 rings (SSSR count). The number of aromatic nitrogens is 2. The SMILES string of the molecule is CCCc1nc(-c2ccc(OC)cc2)cnc1NC(=O)CC(C)C. The van der Waals surface area contributed by atoms with Crippen LogP contribution in [0.4, 0.5) is 5.82 Å². The maximum atomic E-state index is 12.0. The van der Waals surface area contributed by atoms with Gasteiger partial charge in [0.25, 0.3) is 0 Å². The number of nitrogens with one attached hydrogen (secondary N) is 1. The summed E-state index contributed by atoms with van der Waals surface area (Å²) >= 11 is 0. The van der Waals surface area contributed by atoms with Crippen LogP contribution < -0.4 is 10.1 Å². The Hall–Kier alpha value is -2.43. The Labute approximate surface area is 143 Å². The summed E-state index contributed by atoms with van der Waals surface area (Å²) in [7, 11) is 1.64. The number of anilines is 1. The van der Waals surface area contributed by atoms with Gasteiger partial charge < -0.3 is 10.1 Å². The first-order chi connectivity index (χ1) is 11.5. The van der Waals surface area contributed by atoms with Gasteiger partial charge in [-0.3, -0.25) is 4.79 Å². The number of rotatable bonds is 7.